The molecular weight excluding hydrogens is 186 g/mol. The van der Waals surface area contributed by atoms with Gasteiger partial charge in [0.2, 0.25) is 0 Å². The summed E-state index contributed by atoms with van der Waals surface area (Å²) in [4.78, 5) is 25.3. The molecule has 1 aromatic heterocycles. The van der Waals surface area contributed by atoms with E-state index in [1.165, 1.54) is 24.1 Å². The van der Waals surface area contributed by atoms with Crippen molar-refractivity contribution in [1.29, 1.82) is 0 Å². The summed E-state index contributed by atoms with van der Waals surface area (Å²) >= 11 is 0. The van der Waals surface area contributed by atoms with Crippen LogP contribution in [-0.2, 0) is 11.2 Å². The SMILES string of the molecule is CNC(=O)n1cncc1CCC(=O)O. The number of carboxylic acid groups (broad SMARTS) is 1. The third kappa shape index (κ3) is 2.32. The maximum Gasteiger partial charge on any atom is 0.326 e. The van der Waals surface area contributed by atoms with Gasteiger partial charge in [-0.25, -0.2) is 9.78 Å². The molecule has 0 aliphatic carbocycles. The molecule has 0 saturated carbocycles. The Morgan fingerprint density at radius 2 is 2.36 bits per heavy atom. The van der Waals surface area contributed by atoms with Crippen molar-refractivity contribution in [2.45, 2.75) is 12.8 Å². The summed E-state index contributed by atoms with van der Waals surface area (Å²) in [5.41, 5.74) is 0.590. The summed E-state index contributed by atoms with van der Waals surface area (Å²) in [6.45, 7) is 0. The standard InChI is InChI=1S/C8H11N3O3/c1-9-8(14)11-5-10-4-6(11)2-3-7(12)13/h4-5H,2-3H2,1H3,(H,9,14)(H,12,13). The number of rotatable bonds is 3. The zero-order chi connectivity index (χ0) is 10.6. The molecule has 0 spiro atoms. The molecule has 14 heavy (non-hydrogen) atoms. The maximum atomic E-state index is 11.2. The zero-order valence-electron chi connectivity index (χ0n) is 7.73. The lowest BCUT2D eigenvalue weighted by Crippen LogP contribution is -2.25. The molecule has 0 aliphatic rings. The van der Waals surface area contributed by atoms with Gasteiger partial charge in [-0.3, -0.25) is 9.36 Å². The molecule has 6 heteroatoms. The summed E-state index contributed by atoms with van der Waals surface area (Å²) in [5, 5.41) is 10.9. The van der Waals surface area contributed by atoms with Crippen molar-refractivity contribution in [2.75, 3.05) is 7.05 Å². The van der Waals surface area contributed by atoms with E-state index in [0.29, 0.717) is 12.1 Å². The molecule has 6 nitrogen and oxygen atoms in total. The van der Waals surface area contributed by atoms with E-state index in [9.17, 15) is 9.59 Å². The Hall–Kier alpha value is -1.85. The normalized spacial score (nSPS) is 9.79. The van der Waals surface area contributed by atoms with Gasteiger partial charge in [-0.15, -0.1) is 0 Å². The molecule has 1 heterocycles. The van der Waals surface area contributed by atoms with Crippen LogP contribution in [0.1, 0.15) is 12.1 Å². The molecule has 1 aromatic rings. The Morgan fingerprint density at radius 3 is 2.93 bits per heavy atom. The van der Waals surface area contributed by atoms with E-state index in [2.05, 4.69) is 10.3 Å². The minimum atomic E-state index is -0.894. The van der Waals surface area contributed by atoms with Crippen molar-refractivity contribution >= 4 is 12.0 Å². The number of aliphatic carboxylic acids is 1. The van der Waals surface area contributed by atoms with Crippen molar-refractivity contribution in [2.24, 2.45) is 0 Å². The van der Waals surface area contributed by atoms with E-state index in [0.717, 1.165) is 0 Å². The van der Waals surface area contributed by atoms with Crippen LogP contribution in [0.2, 0.25) is 0 Å². The lowest BCUT2D eigenvalue weighted by Gasteiger charge is -2.03. The molecule has 1 amide bonds. The van der Waals surface area contributed by atoms with Gasteiger partial charge >= 0.3 is 12.0 Å². The highest BCUT2D eigenvalue weighted by atomic mass is 16.4. The maximum absolute atomic E-state index is 11.2. The monoisotopic (exact) mass is 197 g/mol. The van der Waals surface area contributed by atoms with Crippen molar-refractivity contribution in [1.82, 2.24) is 14.9 Å². The first kappa shape index (κ1) is 10.2. The first-order chi connectivity index (χ1) is 6.65. The molecule has 2 N–H and O–H groups in total. The fourth-order valence-electron chi connectivity index (χ4n) is 1.05. The van der Waals surface area contributed by atoms with E-state index in [1.807, 2.05) is 0 Å². The molecule has 0 unspecified atom stereocenters. The highest BCUT2D eigenvalue weighted by molar-refractivity contribution is 5.77. The van der Waals surface area contributed by atoms with Gasteiger partial charge in [-0.1, -0.05) is 0 Å². The van der Waals surface area contributed by atoms with Crippen molar-refractivity contribution < 1.29 is 14.7 Å². The Balaban J connectivity index is 2.72. The number of imidazole rings is 1. The molecule has 0 aliphatic heterocycles. The number of hydrogen-bond acceptors (Lipinski definition) is 3. The smallest absolute Gasteiger partial charge is 0.326 e. The summed E-state index contributed by atoms with van der Waals surface area (Å²) in [5.74, 6) is -0.894. The number of aryl methyl sites for hydroxylation is 1. The van der Waals surface area contributed by atoms with E-state index < -0.39 is 5.97 Å². The lowest BCUT2D eigenvalue weighted by atomic mass is 10.2. The summed E-state index contributed by atoms with van der Waals surface area (Å²) in [6.07, 6.45) is 3.12. The highest BCUT2D eigenvalue weighted by Crippen LogP contribution is 2.02. The molecule has 0 saturated heterocycles. The number of hydrogen-bond donors (Lipinski definition) is 2. The number of nitrogens with zero attached hydrogens (tertiary/aromatic N) is 2. The van der Waals surface area contributed by atoms with Gasteiger partial charge in [0.1, 0.15) is 6.33 Å². The fourth-order valence-corrected chi connectivity index (χ4v) is 1.05. The van der Waals surface area contributed by atoms with Gasteiger partial charge in [0.25, 0.3) is 0 Å². The van der Waals surface area contributed by atoms with Gasteiger partial charge in [-0.05, 0) is 0 Å². The van der Waals surface area contributed by atoms with E-state index >= 15 is 0 Å². The van der Waals surface area contributed by atoms with Crippen LogP contribution in [0.25, 0.3) is 0 Å². The molecule has 0 bridgehead atoms. The van der Waals surface area contributed by atoms with Crippen molar-refractivity contribution in [3.8, 4) is 0 Å². The Kier molecular flexibility index (Phi) is 3.22. The number of carbonyl (C=O) groups is 2. The lowest BCUT2D eigenvalue weighted by molar-refractivity contribution is -0.136. The van der Waals surface area contributed by atoms with Crippen LogP contribution in [-0.4, -0.2) is 33.7 Å². The minimum absolute atomic E-state index is 0.0112. The summed E-state index contributed by atoms with van der Waals surface area (Å²) < 4.78 is 1.29. The van der Waals surface area contributed by atoms with Crippen molar-refractivity contribution in [3.63, 3.8) is 0 Å². The number of carboxylic acids is 1. The van der Waals surface area contributed by atoms with Gasteiger partial charge in [0.05, 0.1) is 6.42 Å². The topological polar surface area (TPSA) is 84.2 Å². The third-order valence-electron chi connectivity index (χ3n) is 1.74. The molecule has 1 rings (SSSR count). The average Bonchev–Trinajstić information content (AvgIpc) is 2.61. The van der Waals surface area contributed by atoms with Gasteiger partial charge in [0, 0.05) is 25.4 Å². The van der Waals surface area contributed by atoms with Gasteiger partial charge in [0.15, 0.2) is 0 Å². The average molecular weight is 197 g/mol. The van der Waals surface area contributed by atoms with E-state index in [-0.39, 0.29) is 12.5 Å². The highest BCUT2D eigenvalue weighted by Gasteiger charge is 2.09. The van der Waals surface area contributed by atoms with Crippen LogP contribution in [0.3, 0.4) is 0 Å². The van der Waals surface area contributed by atoms with Crippen LogP contribution < -0.4 is 5.32 Å². The molecule has 76 valence electrons. The number of amides is 1. The second-order valence-corrected chi connectivity index (χ2v) is 2.70. The van der Waals surface area contributed by atoms with E-state index in [1.54, 1.807) is 0 Å². The van der Waals surface area contributed by atoms with Crippen LogP contribution >= 0.6 is 0 Å². The van der Waals surface area contributed by atoms with Gasteiger partial charge < -0.3 is 10.4 Å². The molecule has 0 aromatic carbocycles. The number of carbonyl (C=O) groups excluding carboxylic acids is 1. The third-order valence-corrected chi connectivity index (χ3v) is 1.74. The molecule has 0 atom stereocenters. The van der Waals surface area contributed by atoms with Crippen LogP contribution in [0, 0.1) is 0 Å². The molecular formula is C8H11N3O3. The number of aromatic nitrogens is 2. The number of nitrogens with one attached hydrogen (secondary N) is 1. The molecule has 0 fully saturated rings. The Morgan fingerprint density at radius 1 is 1.64 bits per heavy atom. The predicted octanol–water partition coefficient (Wildman–Crippen LogP) is 0.0878. The molecule has 0 radical (unpaired) electrons. The minimum Gasteiger partial charge on any atom is -0.481 e. The van der Waals surface area contributed by atoms with E-state index in [4.69, 9.17) is 5.11 Å². The second-order valence-electron chi connectivity index (χ2n) is 2.70. The van der Waals surface area contributed by atoms with Crippen molar-refractivity contribution in [3.05, 3.63) is 18.2 Å². The summed E-state index contributed by atoms with van der Waals surface area (Å²) in [6, 6.07) is -0.317. The fraction of sp³-hybridized carbons (Fsp3) is 0.375. The van der Waals surface area contributed by atoms with Crippen LogP contribution in [0.15, 0.2) is 12.5 Å². The predicted molar refractivity (Wildman–Crippen MR) is 48.0 cm³/mol. The largest absolute Gasteiger partial charge is 0.481 e. The van der Waals surface area contributed by atoms with Gasteiger partial charge in [-0.2, -0.15) is 0 Å². The van der Waals surface area contributed by atoms with Crippen LogP contribution in [0.5, 0.6) is 0 Å². The Labute approximate surface area is 80.6 Å². The quantitative estimate of drug-likeness (QED) is 0.719. The summed E-state index contributed by atoms with van der Waals surface area (Å²) in [7, 11) is 1.50. The first-order valence-electron chi connectivity index (χ1n) is 4.10. The first-order valence-corrected chi connectivity index (χ1v) is 4.10. The second kappa shape index (κ2) is 4.40. The zero-order valence-corrected chi connectivity index (χ0v) is 7.73. The van der Waals surface area contributed by atoms with Crippen LogP contribution in [0.4, 0.5) is 4.79 Å². The Bertz CT molecular complexity index is 345.